The number of urea groups is 1. The predicted octanol–water partition coefficient (Wildman–Crippen LogP) is 3.37. The Labute approximate surface area is 155 Å². The van der Waals surface area contributed by atoms with Crippen LogP contribution in [0.2, 0.25) is 0 Å². The number of piperidine rings is 2. The molecule has 0 bridgehead atoms. The van der Waals surface area contributed by atoms with Crippen molar-refractivity contribution in [3.05, 3.63) is 11.8 Å². The van der Waals surface area contributed by atoms with E-state index < -0.39 is 6.04 Å². The van der Waals surface area contributed by atoms with Crippen molar-refractivity contribution in [3.63, 3.8) is 0 Å². The lowest BCUT2D eigenvalue weighted by Crippen LogP contribution is -2.55. The second-order valence-electron chi connectivity index (χ2n) is 8.35. The number of carbonyl (C=O) groups is 2. The molecule has 3 amide bonds. The summed E-state index contributed by atoms with van der Waals surface area (Å²) in [6.45, 7) is 8.31. The molecule has 2 fully saturated rings. The van der Waals surface area contributed by atoms with Crippen molar-refractivity contribution in [3.8, 4) is 0 Å². The van der Waals surface area contributed by atoms with Crippen LogP contribution in [-0.4, -0.2) is 52.6 Å². The molecule has 0 aliphatic carbocycles. The van der Waals surface area contributed by atoms with Crippen molar-refractivity contribution in [2.24, 2.45) is 0 Å². The molecule has 1 N–H and O–H groups in total. The van der Waals surface area contributed by atoms with Crippen LogP contribution in [0.3, 0.4) is 0 Å². The highest BCUT2D eigenvalue weighted by Crippen LogP contribution is 2.26. The van der Waals surface area contributed by atoms with E-state index in [0.717, 1.165) is 44.5 Å². The maximum Gasteiger partial charge on any atom is 0.320 e. The molecule has 0 spiro atoms. The zero-order valence-corrected chi connectivity index (χ0v) is 16.1. The molecule has 1 aromatic heterocycles. The minimum atomic E-state index is -0.437. The first kappa shape index (κ1) is 18.7. The number of rotatable bonds is 2. The molecule has 1 atom stereocenters. The normalized spacial score (nSPS) is 21.6. The fraction of sp³-hybridized carbons (Fsp3) is 0.737. The second-order valence-corrected chi connectivity index (χ2v) is 8.35. The molecule has 3 heterocycles. The molecule has 26 heavy (non-hydrogen) atoms. The number of aromatic nitrogens is 1. The molecule has 2 saturated heterocycles. The van der Waals surface area contributed by atoms with E-state index in [-0.39, 0.29) is 17.4 Å². The number of likely N-dealkylation sites (tertiary alicyclic amines) is 2. The van der Waals surface area contributed by atoms with E-state index in [1.54, 1.807) is 11.0 Å². The van der Waals surface area contributed by atoms with E-state index >= 15 is 0 Å². The van der Waals surface area contributed by atoms with Crippen molar-refractivity contribution in [1.82, 2.24) is 15.0 Å². The Balaban J connectivity index is 1.67. The van der Waals surface area contributed by atoms with Gasteiger partial charge in [0.25, 0.3) is 0 Å². The summed E-state index contributed by atoms with van der Waals surface area (Å²) in [5, 5.41) is 6.79. The van der Waals surface area contributed by atoms with E-state index in [4.69, 9.17) is 4.52 Å². The van der Waals surface area contributed by atoms with Crippen LogP contribution in [-0.2, 0) is 10.2 Å². The van der Waals surface area contributed by atoms with Gasteiger partial charge < -0.3 is 19.6 Å². The minimum absolute atomic E-state index is 0.0000772. The molecule has 2 aliphatic heterocycles. The van der Waals surface area contributed by atoms with Crippen molar-refractivity contribution in [2.75, 3.05) is 25.0 Å². The molecule has 0 unspecified atom stereocenters. The van der Waals surface area contributed by atoms with Crippen LogP contribution < -0.4 is 5.32 Å². The van der Waals surface area contributed by atoms with Crippen LogP contribution in [0.5, 0.6) is 0 Å². The highest BCUT2D eigenvalue weighted by Gasteiger charge is 2.35. The smallest absolute Gasteiger partial charge is 0.320 e. The van der Waals surface area contributed by atoms with E-state index in [2.05, 4.69) is 10.5 Å². The largest absolute Gasteiger partial charge is 0.359 e. The molecule has 0 aromatic carbocycles. The summed E-state index contributed by atoms with van der Waals surface area (Å²) in [5.41, 5.74) is -0.170. The maximum atomic E-state index is 12.9. The van der Waals surface area contributed by atoms with Gasteiger partial charge in [-0.05, 0) is 38.5 Å². The first-order valence-electron chi connectivity index (χ1n) is 9.70. The lowest BCUT2D eigenvalue weighted by Gasteiger charge is -2.39. The van der Waals surface area contributed by atoms with Gasteiger partial charge in [0.2, 0.25) is 5.91 Å². The van der Waals surface area contributed by atoms with Crippen molar-refractivity contribution < 1.29 is 14.1 Å². The lowest BCUT2D eigenvalue weighted by atomic mass is 9.93. The van der Waals surface area contributed by atoms with Crippen molar-refractivity contribution in [1.29, 1.82) is 0 Å². The SMILES string of the molecule is CC(C)(C)c1cc(NC(=O)[C@@H]2CCCCN2C(=O)N2CCCCC2)no1. The first-order valence-corrected chi connectivity index (χ1v) is 9.70. The van der Waals surface area contributed by atoms with Crippen LogP contribution in [0.4, 0.5) is 10.6 Å². The fourth-order valence-electron chi connectivity index (χ4n) is 3.60. The molecular formula is C19H30N4O3. The van der Waals surface area contributed by atoms with E-state index in [1.165, 1.54) is 6.42 Å². The third kappa shape index (κ3) is 4.19. The van der Waals surface area contributed by atoms with Crippen LogP contribution in [0.15, 0.2) is 10.6 Å². The third-order valence-corrected chi connectivity index (χ3v) is 5.18. The van der Waals surface area contributed by atoms with Gasteiger partial charge in [-0.3, -0.25) is 4.79 Å². The molecule has 0 radical (unpaired) electrons. The Kier molecular flexibility index (Phi) is 5.53. The summed E-state index contributed by atoms with van der Waals surface area (Å²) in [7, 11) is 0. The number of hydrogen-bond acceptors (Lipinski definition) is 4. The highest BCUT2D eigenvalue weighted by atomic mass is 16.5. The van der Waals surface area contributed by atoms with Crippen LogP contribution in [0.1, 0.15) is 65.1 Å². The van der Waals surface area contributed by atoms with Gasteiger partial charge in [0, 0.05) is 31.1 Å². The van der Waals surface area contributed by atoms with Gasteiger partial charge in [0.1, 0.15) is 11.8 Å². The van der Waals surface area contributed by atoms with Gasteiger partial charge in [-0.15, -0.1) is 0 Å². The molecule has 7 nitrogen and oxygen atoms in total. The van der Waals surface area contributed by atoms with Gasteiger partial charge in [0.15, 0.2) is 5.82 Å². The van der Waals surface area contributed by atoms with Gasteiger partial charge in [-0.1, -0.05) is 25.9 Å². The molecule has 3 rings (SSSR count). The molecular weight excluding hydrogens is 332 g/mol. The Bertz CT molecular complexity index is 643. The number of anilines is 1. The Hall–Kier alpha value is -2.05. The fourth-order valence-corrected chi connectivity index (χ4v) is 3.60. The number of nitrogens with one attached hydrogen (secondary N) is 1. The number of amides is 3. The topological polar surface area (TPSA) is 78.7 Å². The number of carbonyl (C=O) groups excluding carboxylic acids is 2. The summed E-state index contributed by atoms with van der Waals surface area (Å²) in [6.07, 6.45) is 5.86. The average Bonchev–Trinajstić information content (AvgIpc) is 3.11. The lowest BCUT2D eigenvalue weighted by molar-refractivity contribution is -0.121. The average molecular weight is 362 g/mol. The van der Waals surface area contributed by atoms with Crippen LogP contribution in [0.25, 0.3) is 0 Å². The minimum Gasteiger partial charge on any atom is -0.359 e. The summed E-state index contributed by atoms with van der Waals surface area (Å²) < 4.78 is 5.33. The van der Waals surface area contributed by atoms with E-state index in [1.807, 2.05) is 25.7 Å². The number of nitrogens with zero attached hydrogens (tertiary/aromatic N) is 3. The van der Waals surface area contributed by atoms with E-state index in [9.17, 15) is 9.59 Å². The Morgan fingerprint density at radius 1 is 1.12 bits per heavy atom. The van der Waals surface area contributed by atoms with E-state index in [0.29, 0.717) is 18.8 Å². The highest BCUT2D eigenvalue weighted by molar-refractivity contribution is 5.96. The van der Waals surface area contributed by atoms with Gasteiger partial charge in [0.05, 0.1) is 0 Å². The van der Waals surface area contributed by atoms with Crippen molar-refractivity contribution in [2.45, 2.75) is 70.8 Å². The second kappa shape index (κ2) is 7.68. The monoisotopic (exact) mass is 362 g/mol. The van der Waals surface area contributed by atoms with Crippen LogP contribution in [0, 0.1) is 0 Å². The summed E-state index contributed by atoms with van der Waals surface area (Å²) in [6, 6.07) is 1.32. The quantitative estimate of drug-likeness (QED) is 0.875. The third-order valence-electron chi connectivity index (χ3n) is 5.18. The Morgan fingerprint density at radius 3 is 2.46 bits per heavy atom. The molecule has 2 aliphatic rings. The number of hydrogen-bond donors (Lipinski definition) is 1. The Morgan fingerprint density at radius 2 is 1.81 bits per heavy atom. The van der Waals surface area contributed by atoms with Gasteiger partial charge >= 0.3 is 6.03 Å². The molecule has 0 saturated carbocycles. The molecule has 1 aromatic rings. The molecule has 7 heteroatoms. The summed E-state index contributed by atoms with van der Waals surface area (Å²) in [5.74, 6) is 0.956. The predicted molar refractivity (Wildman–Crippen MR) is 99.0 cm³/mol. The molecule has 144 valence electrons. The standard InChI is InChI=1S/C19H30N4O3/c1-19(2,3)15-13-16(21-26-15)20-17(24)14-9-5-8-12-23(14)18(25)22-10-6-4-7-11-22/h13-14H,4-12H2,1-3H3,(H,20,21,24)/t14-/m0/s1. The summed E-state index contributed by atoms with van der Waals surface area (Å²) in [4.78, 5) is 29.3. The maximum absolute atomic E-state index is 12.9. The zero-order chi connectivity index (χ0) is 18.7. The van der Waals surface area contributed by atoms with Crippen molar-refractivity contribution >= 4 is 17.8 Å². The summed E-state index contributed by atoms with van der Waals surface area (Å²) >= 11 is 0. The first-order chi connectivity index (χ1) is 12.4. The van der Waals surface area contributed by atoms with Gasteiger partial charge in [-0.25, -0.2) is 4.79 Å². The van der Waals surface area contributed by atoms with Gasteiger partial charge in [-0.2, -0.15) is 0 Å². The van der Waals surface area contributed by atoms with Crippen LogP contribution >= 0.6 is 0 Å². The zero-order valence-electron chi connectivity index (χ0n) is 16.1.